The fraction of sp³-hybridized carbons (Fsp3) is 0.800. The Bertz CT molecular complexity index is 405. The van der Waals surface area contributed by atoms with Crippen LogP contribution in [0.15, 0.2) is 0 Å². The number of amides is 3. The van der Waals surface area contributed by atoms with E-state index >= 15 is 0 Å². The van der Waals surface area contributed by atoms with Gasteiger partial charge in [0.2, 0.25) is 17.7 Å². The van der Waals surface area contributed by atoms with Crippen LogP contribution in [0.5, 0.6) is 0 Å². The first-order valence-corrected chi connectivity index (χ1v) is 7.98. The van der Waals surface area contributed by atoms with Gasteiger partial charge in [-0.25, -0.2) is 0 Å². The van der Waals surface area contributed by atoms with Crippen LogP contribution in [-0.2, 0) is 14.4 Å². The predicted octanol–water partition coefficient (Wildman–Crippen LogP) is 0.420. The van der Waals surface area contributed by atoms with Crippen molar-refractivity contribution in [2.24, 2.45) is 5.92 Å². The largest absolute Gasteiger partial charge is 0.355 e. The number of hydrogen-bond donors (Lipinski definition) is 2. The van der Waals surface area contributed by atoms with Gasteiger partial charge in [0.05, 0.1) is 0 Å². The minimum absolute atomic E-state index is 0.0524. The van der Waals surface area contributed by atoms with Gasteiger partial charge in [-0.3, -0.25) is 14.4 Å². The molecule has 1 unspecified atom stereocenters. The fourth-order valence-corrected chi connectivity index (χ4v) is 3.19. The minimum Gasteiger partial charge on any atom is -0.355 e. The summed E-state index contributed by atoms with van der Waals surface area (Å²) in [7, 11) is 0. The maximum atomic E-state index is 12.2. The molecule has 1 saturated heterocycles. The zero-order valence-corrected chi connectivity index (χ0v) is 12.7. The Morgan fingerprint density at radius 3 is 2.71 bits per heavy atom. The lowest BCUT2D eigenvalue weighted by molar-refractivity contribution is -0.143. The number of nitrogens with zero attached hydrogens (tertiary/aromatic N) is 1. The van der Waals surface area contributed by atoms with Crippen molar-refractivity contribution in [1.29, 1.82) is 0 Å². The van der Waals surface area contributed by atoms with Gasteiger partial charge in [-0.15, -0.1) is 0 Å². The Morgan fingerprint density at radius 1 is 1.33 bits per heavy atom. The molecule has 0 radical (unpaired) electrons. The Kier molecular flexibility index (Phi) is 5.59. The van der Waals surface area contributed by atoms with Crippen LogP contribution in [0, 0.1) is 5.92 Å². The van der Waals surface area contributed by atoms with Crippen molar-refractivity contribution in [3.63, 3.8) is 0 Å². The van der Waals surface area contributed by atoms with Crippen molar-refractivity contribution < 1.29 is 14.4 Å². The van der Waals surface area contributed by atoms with E-state index in [0.717, 1.165) is 25.7 Å². The molecule has 1 atom stereocenters. The first-order chi connectivity index (χ1) is 10.1. The molecule has 1 aliphatic carbocycles. The first-order valence-electron chi connectivity index (χ1n) is 7.98. The highest BCUT2D eigenvalue weighted by molar-refractivity contribution is 5.89. The molecule has 2 aliphatic rings. The molecule has 0 spiro atoms. The van der Waals surface area contributed by atoms with Gasteiger partial charge in [0, 0.05) is 32.0 Å². The lowest BCUT2D eigenvalue weighted by Crippen LogP contribution is -2.57. The molecule has 1 heterocycles. The second-order valence-corrected chi connectivity index (χ2v) is 5.82. The molecule has 1 aliphatic heterocycles. The van der Waals surface area contributed by atoms with E-state index in [1.807, 2.05) is 6.92 Å². The highest BCUT2D eigenvalue weighted by Crippen LogP contribution is 2.24. The van der Waals surface area contributed by atoms with Crippen LogP contribution in [-0.4, -0.2) is 48.3 Å². The van der Waals surface area contributed by atoms with E-state index in [4.69, 9.17) is 0 Å². The number of hydrogen-bond acceptors (Lipinski definition) is 3. The van der Waals surface area contributed by atoms with Gasteiger partial charge in [-0.1, -0.05) is 19.8 Å². The van der Waals surface area contributed by atoms with Gasteiger partial charge in [0.15, 0.2) is 0 Å². The van der Waals surface area contributed by atoms with Gasteiger partial charge in [0.25, 0.3) is 0 Å². The van der Waals surface area contributed by atoms with E-state index in [0.29, 0.717) is 26.1 Å². The second-order valence-electron chi connectivity index (χ2n) is 5.82. The first kappa shape index (κ1) is 15.8. The van der Waals surface area contributed by atoms with Gasteiger partial charge in [-0.2, -0.15) is 0 Å². The van der Waals surface area contributed by atoms with Crippen LogP contribution in [0.3, 0.4) is 0 Å². The number of rotatable bonds is 5. The minimum atomic E-state index is -0.364. The molecule has 2 fully saturated rings. The third-order valence-corrected chi connectivity index (χ3v) is 4.40. The normalized spacial score (nSPS) is 23.0. The summed E-state index contributed by atoms with van der Waals surface area (Å²) in [6.45, 7) is 3.33. The van der Waals surface area contributed by atoms with Crippen LogP contribution >= 0.6 is 0 Å². The van der Waals surface area contributed by atoms with Crippen molar-refractivity contribution in [3.8, 4) is 0 Å². The summed E-state index contributed by atoms with van der Waals surface area (Å²) >= 11 is 0. The van der Waals surface area contributed by atoms with Crippen molar-refractivity contribution >= 4 is 17.7 Å². The van der Waals surface area contributed by atoms with Crippen LogP contribution in [0.25, 0.3) is 0 Å². The summed E-state index contributed by atoms with van der Waals surface area (Å²) in [5, 5.41) is 5.63. The van der Waals surface area contributed by atoms with Crippen LogP contribution in [0.1, 0.15) is 45.4 Å². The van der Waals surface area contributed by atoms with Crippen LogP contribution < -0.4 is 10.6 Å². The molecule has 6 nitrogen and oxygen atoms in total. The van der Waals surface area contributed by atoms with E-state index in [2.05, 4.69) is 10.6 Å². The average Bonchev–Trinajstić information content (AvgIpc) is 3.01. The predicted molar refractivity (Wildman–Crippen MR) is 78.4 cm³/mol. The molecule has 0 bridgehead atoms. The molecular weight excluding hydrogens is 270 g/mol. The molecule has 6 heteroatoms. The standard InChI is InChI=1S/C15H25N3O3/c1-2-12-15(21)17-9-10-18(12)13(19)7-8-16-14(20)11-5-3-4-6-11/h11-12H,2-10H2,1H3,(H,16,20)(H,17,21). The summed E-state index contributed by atoms with van der Waals surface area (Å²) < 4.78 is 0. The molecule has 3 amide bonds. The van der Waals surface area contributed by atoms with Crippen LogP contribution in [0.2, 0.25) is 0 Å². The van der Waals surface area contributed by atoms with Crippen molar-refractivity contribution in [1.82, 2.24) is 15.5 Å². The Labute approximate surface area is 125 Å². The maximum Gasteiger partial charge on any atom is 0.242 e. The number of piperazine rings is 1. The van der Waals surface area contributed by atoms with Crippen molar-refractivity contribution in [3.05, 3.63) is 0 Å². The SMILES string of the molecule is CCC1C(=O)NCCN1C(=O)CCNC(=O)C1CCCC1. The summed E-state index contributed by atoms with van der Waals surface area (Å²) in [5.74, 6) is 0.0727. The smallest absolute Gasteiger partial charge is 0.242 e. The Balaban J connectivity index is 1.75. The van der Waals surface area contributed by atoms with E-state index in [1.165, 1.54) is 0 Å². The monoisotopic (exact) mass is 295 g/mol. The molecule has 2 N–H and O–H groups in total. The van der Waals surface area contributed by atoms with Gasteiger partial charge < -0.3 is 15.5 Å². The Morgan fingerprint density at radius 2 is 2.05 bits per heavy atom. The Hall–Kier alpha value is -1.59. The van der Waals surface area contributed by atoms with Crippen molar-refractivity contribution in [2.75, 3.05) is 19.6 Å². The lowest BCUT2D eigenvalue weighted by Gasteiger charge is -2.34. The number of carbonyl (C=O) groups is 3. The number of carbonyl (C=O) groups excluding carboxylic acids is 3. The molecular formula is C15H25N3O3. The zero-order valence-electron chi connectivity index (χ0n) is 12.7. The second kappa shape index (κ2) is 7.43. The summed E-state index contributed by atoms with van der Waals surface area (Å²) in [4.78, 5) is 37.4. The fourth-order valence-electron chi connectivity index (χ4n) is 3.19. The third kappa shape index (κ3) is 3.95. The number of nitrogens with one attached hydrogen (secondary N) is 2. The third-order valence-electron chi connectivity index (χ3n) is 4.40. The molecule has 21 heavy (non-hydrogen) atoms. The average molecular weight is 295 g/mol. The maximum absolute atomic E-state index is 12.2. The van der Waals surface area contributed by atoms with Crippen LogP contribution in [0.4, 0.5) is 0 Å². The topological polar surface area (TPSA) is 78.5 Å². The molecule has 0 aromatic heterocycles. The van der Waals surface area contributed by atoms with E-state index in [1.54, 1.807) is 4.90 Å². The molecule has 0 aromatic carbocycles. The zero-order chi connectivity index (χ0) is 15.2. The quantitative estimate of drug-likeness (QED) is 0.771. The van der Waals surface area contributed by atoms with Gasteiger partial charge in [0.1, 0.15) is 6.04 Å². The molecule has 1 saturated carbocycles. The highest BCUT2D eigenvalue weighted by atomic mass is 16.2. The molecule has 0 aromatic rings. The van der Waals surface area contributed by atoms with Crippen molar-refractivity contribution in [2.45, 2.75) is 51.5 Å². The molecule has 118 valence electrons. The van der Waals surface area contributed by atoms with E-state index in [9.17, 15) is 14.4 Å². The summed E-state index contributed by atoms with van der Waals surface area (Å²) in [5.41, 5.74) is 0. The highest BCUT2D eigenvalue weighted by Gasteiger charge is 2.31. The van der Waals surface area contributed by atoms with Gasteiger partial charge >= 0.3 is 0 Å². The molecule has 2 rings (SSSR count). The van der Waals surface area contributed by atoms with Gasteiger partial charge in [-0.05, 0) is 19.3 Å². The lowest BCUT2D eigenvalue weighted by atomic mass is 10.1. The van der Waals surface area contributed by atoms with E-state index in [-0.39, 0.29) is 36.1 Å². The summed E-state index contributed by atoms with van der Waals surface area (Å²) in [6, 6.07) is -0.364. The van der Waals surface area contributed by atoms with E-state index < -0.39 is 0 Å². The summed E-state index contributed by atoms with van der Waals surface area (Å²) in [6.07, 6.45) is 5.05.